The summed E-state index contributed by atoms with van der Waals surface area (Å²) in [4.78, 5) is 29.3. The fourth-order valence-corrected chi connectivity index (χ4v) is 6.85. The maximum absolute atomic E-state index is 13.3. The van der Waals surface area contributed by atoms with E-state index >= 15 is 0 Å². The van der Waals surface area contributed by atoms with E-state index in [0.717, 1.165) is 10.7 Å². The summed E-state index contributed by atoms with van der Waals surface area (Å²) in [5.74, 6) is -1.42. The number of aliphatic carboxylic acids is 1. The Kier molecular flexibility index (Phi) is 11.1. The van der Waals surface area contributed by atoms with Crippen LogP contribution in [0.2, 0.25) is 10.0 Å². The molecule has 238 valence electrons. The van der Waals surface area contributed by atoms with Crippen molar-refractivity contribution in [2.24, 2.45) is 0 Å². The van der Waals surface area contributed by atoms with Crippen molar-refractivity contribution >= 4 is 61.9 Å². The van der Waals surface area contributed by atoms with E-state index in [-0.39, 0.29) is 51.1 Å². The number of ether oxygens (including phenoxy) is 2. The zero-order valence-electron chi connectivity index (χ0n) is 24.8. The van der Waals surface area contributed by atoms with Crippen molar-refractivity contribution in [3.05, 3.63) is 97.9 Å². The molecule has 13 heteroatoms. The number of rotatable bonds is 13. The van der Waals surface area contributed by atoms with Gasteiger partial charge in [0.15, 0.2) is 22.2 Å². The highest BCUT2D eigenvalue weighted by molar-refractivity contribution is 7.91. The molecule has 4 rings (SSSR count). The zero-order valence-corrected chi connectivity index (χ0v) is 27.9. The Bertz CT molecular complexity index is 1780. The summed E-state index contributed by atoms with van der Waals surface area (Å²) >= 11 is 13.8. The maximum atomic E-state index is 13.3. The van der Waals surface area contributed by atoms with Crippen LogP contribution in [-0.4, -0.2) is 42.7 Å². The lowest BCUT2D eigenvalue weighted by Crippen LogP contribution is -2.16. The molecule has 0 radical (unpaired) electrons. The molecule has 0 unspecified atom stereocenters. The Labute approximate surface area is 276 Å². The van der Waals surface area contributed by atoms with E-state index in [2.05, 4.69) is 31.1 Å². The molecule has 1 amide bonds. The minimum absolute atomic E-state index is 0.0178. The number of carboxylic acid groups (broad SMARTS) is 1. The van der Waals surface area contributed by atoms with E-state index < -0.39 is 28.3 Å². The van der Waals surface area contributed by atoms with E-state index in [1.807, 2.05) is 5.38 Å². The molecule has 0 aliphatic rings. The number of nitrogens with one attached hydrogen (secondary N) is 1. The van der Waals surface area contributed by atoms with Crippen LogP contribution in [0.1, 0.15) is 53.8 Å². The third kappa shape index (κ3) is 9.67. The molecule has 0 aliphatic heterocycles. The maximum Gasteiger partial charge on any atom is 0.341 e. The molecule has 9 nitrogen and oxygen atoms in total. The number of aromatic nitrogens is 1. The second kappa shape index (κ2) is 14.6. The van der Waals surface area contributed by atoms with Gasteiger partial charge in [0.1, 0.15) is 17.4 Å². The van der Waals surface area contributed by atoms with Crippen molar-refractivity contribution in [1.82, 2.24) is 4.98 Å². The van der Waals surface area contributed by atoms with Gasteiger partial charge in [-0.3, -0.25) is 4.79 Å². The van der Waals surface area contributed by atoms with Crippen molar-refractivity contribution in [3.8, 4) is 11.5 Å². The van der Waals surface area contributed by atoms with Crippen LogP contribution in [0.25, 0.3) is 0 Å². The standard InChI is InChI=1S/C32H32Cl2N2O7S2/c1-32(2,3)27-19-44-28(36-27)17-42-23-8-4-7-21(16-23)31(39)35-26-15-20(14-25(34)30(26)43-18-29(37)38)6-5-13-45(40,41)24-11-9-22(33)10-12-24/h4,7-12,14-16,19H,5-6,13,17-18H2,1-3H3,(H,35,39)(H,37,38). The largest absolute Gasteiger partial charge is 0.486 e. The van der Waals surface area contributed by atoms with Gasteiger partial charge in [0.25, 0.3) is 5.91 Å². The second-order valence-electron chi connectivity index (χ2n) is 11.2. The number of carboxylic acids is 1. The van der Waals surface area contributed by atoms with E-state index in [1.165, 1.54) is 35.6 Å². The van der Waals surface area contributed by atoms with Gasteiger partial charge in [0.2, 0.25) is 0 Å². The number of halogens is 2. The molecule has 0 atom stereocenters. The average Bonchev–Trinajstić information content (AvgIpc) is 3.46. The van der Waals surface area contributed by atoms with E-state index in [1.54, 1.807) is 36.4 Å². The second-order valence-corrected chi connectivity index (χ2v) is 15.1. The van der Waals surface area contributed by atoms with Crippen LogP contribution in [0.15, 0.2) is 70.9 Å². The van der Waals surface area contributed by atoms with Gasteiger partial charge < -0.3 is 19.9 Å². The highest BCUT2D eigenvalue weighted by Gasteiger charge is 2.20. The number of carbonyl (C=O) groups is 2. The predicted molar refractivity (Wildman–Crippen MR) is 176 cm³/mol. The smallest absolute Gasteiger partial charge is 0.341 e. The molecule has 0 bridgehead atoms. The Hall–Kier alpha value is -3.64. The van der Waals surface area contributed by atoms with E-state index in [0.29, 0.717) is 22.8 Å². The summed E-state index contributed by atoms with van der Waals surface area (Å²) in [6.07, 6.45) is 0.575. The van der Waals surface area contributed by atoms with Crippen LogP contribution < -0.4 is 14.8 Å². The number of aryl methyl sites for hydroxylation is 1. The zero-order chi connectivity index (χ0) is 32.8. The van der Waals surface area contributed by atoms with Crippen molar-refractivity contribution < 1.29 is 32.6 Å². The molecule has 1 aromatic heterocycles. The van der Waals surface area contributed by atoms with Crippen molar-refractivity contribution in [2.75, 3.05) is 17.7 Å². The minimum atomic E-state index is -3.55. The first kappa shape index (κ1) is 34.2. The summed E-state index contributed by atoms with van der Waals surface area (Å²) in [6, 6.07) is 15.7. The van der Waals surface area contributed by atoms with Crippen molar-refractivity contribution in [3.63, 3.8) is 0 Å². The molecule has 45 heavy (non-hydrogen) atoms. The van der Waals surface area contributed by atoms with E-state index in [9.17, 15) is 18.0 Å². The van der Waals surface area contributed by atoms with Gasteiger partial charge in [-0.25, -0.2) is 18.2 Å². The molecular weight excluding hydrogens is 659 g/mol. The van der Waals surface area contributed by atoms with Crippen LogP contribution in [-0.2, 0) is 33.1 Å². The molecular formula is C32H32Cl2N2O7S2. The molecule has 3 aromatic carbocycles. The number of sulfone groups is 1. The first-order chi connectivity index (χ1) is 21.2. The number of benzene rings is 3. The van der Waals surface area contributed by atoms with Gasteiger partial charge in [-0.05, 0) is 73.0 Å². The number of anilines is 1. The molecule has 1 heterocycles. The summed E-state index contributed by atoms with van der Waals surface area (Å²) < 4.78 is 36.8. The lowest BCUT2D eigenvalue weighted by atomic mass is 9.93. The SMILES string of the molecule is CC(C)(C)c1csc(COc2cccc(C(=O)Nc3cc(CCCS(=O)(=O)c4ccc(Cl)cc4)cc(Cl)c3OCC(=O)O)c2)n1. The Morgan fingerprint density at radius 3 is 2.42 bits per heavy atom. The molecule has 4 aromatic rings. The molecule has 0 aliphatic carbocycles. The molecule has 0 saturated carbocycles. The molecule has 0 fully saturated rings. The molecule has 2 N–H and O–H groups in total. The van der Waals surface area contributed by atoms with Crippen LogP contribution in [0.4, 0.5) is 5.69 Å². The van der Waals surface area contributed by atoms with Crippen LogP contribution >= 0.6 is 34.5 Å². The van der Waals surface area contributed by atoms with Crippen LogP contribution in [0.5, 0.6) is 11.5 Å². The third-order valence-corrected chi connectivity index (χ3v) is 9.69. The molecule has 0 saturated heterocycles. The lowest BCUT2D eigenvalue weighted by Gasteiger charge is -2.16. The minimum Gasteiger partial charge on any atom is -0.486 e. The van der Waals surface area contributed by atoms with Gasteiger partial charge in [0, 0.05) is 21.4 Å². The van der Waals surface area contributed by atoms with Gasteiger partial charge in [0.05, 0.1) is 27.1 Å². The van der Waals surface area contributed by atoms with Crippen molar-refractivity contribution in [2.45, 2.75) is 50.5 Å². The van der Waals surface area contributed by atoms with Crippen molar-refractivity contribution in [1.29, 1.82) is 0 Å². The predicted octanol–water partition coefficient (Wildman–Crippen LogP) is 7.45. The van der Waals surface area contributed by atoms with Crippen LogP contribution in [0.3, 0.4) is 0 Å². The highest BCUT2D eigenvalue weighted by Crippen LogP contribution is 2.36. The Balaban J connectivity index is 1.48. The van der Waals surface area contributed by atoms with Crippen LogP contribution in [0, 0.1) is 0 Å². The number of nitrogens with zero attached hydrogens (tertiary/aromatic N) is 1. The van der Waals surface area contributed by atoms with Gasteiger partial charge in [-0.2, -0.15) is 0 Å². The summed E-state index contributed by atoms with van der Waals surface area (Å²) in [5, 5.41) is 15.2. The van der Waals surface area contributed by atoms with Gasteiger partial charge >= 0.3 is 5.97 Å². The number of hydrogen-bond donors (Lipinski definition) is 2. The third-order valence-electron chi connectivity index (χ3n) is 6.52. The number of hydrogen-bond acceptors (Lipinski definition) is 8. The summed E-state index contributed by atoms with van der Waals surface area (Å²) in [7, 11) is -3.55. The normalized spacial score (nSPS) is 11.7. The average molecular weight is 692 g/mol. The monoisotopic (exact) mass is 690 g/mol. The Morgan fingerprint density at radius 2 is 1.76 bits per heavy atom. The van der Waals surface area contributed by atoms with Gasteiger partial charge in [-0.15, -0.1) is 11.3 Å². The van der Waals surface area contributed by atoms with Gasteiger partial charge in [-0.1, -0.05) is 50.0 Å². The molecule has 0 spiro atoms. The summed E-state index contributed by atoms with van der Waals surface area (Å²) in [6.45, 7) is 5.82. The highest BCUT2D eigenvalue weighted by atomic mass is 35.5. The number of thiazole rings is 1. The Morgan fingerprint density at radius 1 is 1.02 bits per heavy atom. The fraction of sp³-hybridized carbons (Fsp3) is 0.281. The first-order valence-electron chi connectivity index (χ1n) is 13.9. The first-order valence-corrected chi connectivity index (χ1v) is 17.1. The summed E-state index contributed by atoms with van der Waals surface area (Å²) in [5.41, 5.74) is 1.95. The number of carbonyl (C=O) groups excluding carboxylic acids is 1. The topological polar surface area (TPSA) is 132 Å². The lowest BCUT2D eigenvalue weighted by molar-refractivity contribution is -0.139. The van der Waals surface area contributed by atoms with E-state index in [4.69, 9.17) is 37.8 Å². The number of amides is 1. The fourth-order valence-electron chi connectivity index (χ4n) is 4.18. The quantitative estimate of drug-likeness (QED) is 0.148.